The first-order valence-corrected chi connectivity index (χ1v) is 8.59. The van der Waals surface area contributed by atoms with E-state index in [0.717, 1.165) is 6.54 Å². The van der Waals surface area contributed by atoms with Gasteiger partial charge < -0.3 is 0 Å². The standard InChI is InChI=1S/C23H26N/c1-16-17(2)19(4)23(20(5)18(16)3)15-24-13-11-22(12-14-24)21-9-7-6-8-10-21/h6-14H,15H2,1-5H3/q+1. The molecule has 0 radical (unpaired) electrons. The molecular weight excluding hydrogens is 290 g/mol. The van der Waals surface area contributed by atoms with Crippen molar-refractivity contribution < 1.29 is 4.57 Å². The predicted octanol–water partition coefficient (Wildman–Crippen LogP) is 5.23. The van der Waals surface area contributed by atoms with Gasteiger partial charge in [0.2, 0.25) is 0 Å². The quantitative estimate of drug-likeness (QED) is 0.582. The van der Waals surface area contributed by atoms with E-state index in [1.165, 1.54) is 44.5 Å². The summed E-state index contributed by atoms with van der Waals surface area (Å²) in [6.07, 6.45) is 4.37. The van der Waals surface area contributed by atoms with Crippen molar-refractivity contribution >= 4 is 0 Å². The molecule has 0 aliphatic rings. The Morgan fingerprint density at radius 3 is 1.58 bits per heavy atom. The fourth-order valence-electron chi connectivity index (χ4n) is 3.38. The second-order valence-electron chi connectivity index (χ2n) is 6.73. The van der Waals surface area contributed by atoms with Crippen LogP contribution in [0.2, 0.25) is 0 Å². The predicted molar refractivity (Wildman–Crippen MR) is 101 cm³/mol. The van der Waals surface area contributed by atoms with Crippen molar-refractivity contribution in [3.8, 4) is 11.1 Å². The molecule has 0 saturated heterocycles. The fourth-order valence-corrected chi connectivity index (χ4v) is 3.38. The highest BCUT2D eigenvalue weighted by Crippen LogP contribution is 2.26. The summed E-state index contributed by atoms with van der Waals surface area (Å²) in [6.45, 7) is 12.1. The van der Waals surface area contributed by atoms with Crippen molar-refractivity contribution in [1.82, 2.24) is 0 Å². The molecule has 0 aliphatic carbocycles. The Labute approximate surface area is 145 Å². The third kappa shape index (κ3) is 2.99. The molecule has 1 nitrogen and oxygen atoms in total. The van der Waals surface area contributed by atoms with Gasteiger partial charge in [0.25, 0.3) is 0 Å². The van der Waals surface area contributed by atoms with E-state index < -0.39 is 0 Å². The largest absolute Gasteiger partial charge is 0.201 e. The minimum absolute atomic E-state index is 0.925. The molecule has 3 aromatic rings. The van der Waals surface area contributed by atoms with Gasteiger partial charge in [0, 0.05) is 17.7 Å². The molecule has 0 saturated carbocycles. The highest BCUT2D eigenvalue weighted by atomic mass is 14.9. The van der Waals surface area contributed by atoms with Crippen LogP contribution in [0.15, 0.2) is 54.9 Å². The second kappa shape index (κ2) is 6.60. The highest BCUT2D eigenvalue weighted by Gasteiger charge is 2.15. The number of pyridine rings is 1. The Kier molecular flexibility index (Phi) is 4.53. The Morgan fingerprint density at radius 2 is 1.04 bits per heavy atom. The highest BCUT2D eigenvalue weighted by molar-refractivity contribution is 5.61. The molecule has 0 spiro atoms. The van der Waals surface area contributed by atoms with Gasteiger partial charge in [-0.1, -0.05) is 30.3 Å². The molecule has 3 rings (SSSR count). The molecule has 2 aromatic carbocycles. The number of nitrogens with zero attached hydrogens (tertiary/aromatic N) is 1. The Hall–Kier alpha value is -2.41. The normalized spacial score (nSPS) is 10.9. The minimum atomic E-state index is 0.925. The number of aromatic nitrogens is 1. The van der Waals surface area contributed by atoms with Crippen LogP contribution in [-0.4, -0.2) is 0 Å². The Morgan fingerprint density at radius 1 is 0.583 bits per heavy atom. The molecule has 1 aromatic heterocycles. The van der Waals surface area contributed by atoms with Crippen molar-refractivity contribution in [3.05, 3.63) is 88.2 Å². The summed E-state index contributed by atoms with van der Waals surface area (Å²) in [7, 11) is 0. The van der Waals surface area contributed by atoms with E-state index in [1.54, 1.807) is 0 Å². The molecule has 0 bridgehead atoms. The first kappa shape index (κ1) is 16.4. The number of hydrogen-bond donors (Lipinski definition) is 0. The van der Waals surface area contributed by atoms with Crippen LogP contribution >= 0.6 is 0 Å². The van der Waals surface area contributed by atoms with Crippen LogP contribution in [0.3, 0.4) is 0 Å². The van der Waals surface area contributed by atoms with Gasteiger partial charge in [0.05, 0.1) is 0 Å². The average Bonchev–Trinajstić information content (AvgIpc) is 2.63. The smallest absolute Gasteiger partial charge is 0.174 e. The van der Waals surface area contributed by atoms with E-state index in [4.69, 9.17) is 0 Å². The molecule has 24 heavy (non-hydrogen) atoms. The van der Waals surface area contributed by atoms with Gasteiger partial charge >= 0.3 is 0 Å². The number of rotatable bonds is 3. The zero-order chi connectivity index (χ0) is 17.3. The Balaban J connectivity index is 1.93. The molecule has 0 fully saturated rings. The molecule has 1 heteroatoms. The third-order valence-corrected chi connectivity index (χ3v) is 5.49. The molecule has 0 aliphatic heterocycles. The molecule has 0 atom stereocenters. The van der Waals surface area contributed by atoms with Crippen molar-refractivity contribution in [2.24, 2.45) is 0 Å². The monoisotopic (exact) mass is 316 g/mol. The maximum Gasteiger partial charge on any atom is 0.174 e. The van der Waals surface area contributed by atoms with Crippen LogP contribution in [0.5, 0.6) is 0 Å². The first-order chi connectivity index (χ1) is 11.5. The summed E-state index contributed by atoms with van der Waals surface area (Å²) >= 11 is 0. The van der Waals surface area contributed by atoms with Gasteiger partial charge in [-0.25, -0.2) is 4.57 Å². The summed E-state index contributed by atoms with van der Waals surface area (Å²) in [5.74, 6) is 0. The van der Waals surface area contributed by atoms with Crippen LogP contribution in [0.25, 0.3) is 11.1 Å². The lowest BCUT2D eigenvalue weighted by molar-refractivity contribution is -0.688. The van der Waals surface area contributed by atoms with E-state index in [9.17, 15) is 0 Å². The summed E-state index contributed by atoms with van der Waals surface area (Å²) in [5, 5.41) is 0. The van der Waals surface area contributed by atoms with Crippen LogP contribution in [0.4, 0.5) is 0 Å². The van der Waals surface area contributed by atoms with E-state index in [2.05, 4.69) is 94.0 Å². The lowest BCUT2D eigenvalue weighted by Gasteiger charge is -2.17. The lowest BCUT2D eigenvalue weighted by atomic mass is 9.89. The van der Waals surface area contributed by atoms with Gasteiger partial charge in [-0.15, -0.1) is 0 Å². The van der Waals surface area contributed by atoms with E-state index in [-0.39, 0.29) is 0 Å². The average molecular weight is 316 g/mol. The molecule has 0 amide bonds. The van der Waals surface area contributed by atoms with Crippen LogP contribution in [-0.2, 0) is 6.54 Å². The SMILES string of the molecule is Cc1c(C)c(C)c(C[n+]2ccc(-c3ccccc3)cc2)c(C)c1C. The van der Waals surface area contributed by atoms with E-state index in [0.29, 0.717) is 0 Å². The van der Waals surface area contributed by atoms with Gasteiger partial charge in [-0.2, -0.15) is 0 Å². The molecule has 1 heterocycles. The summed E-state index contributed by atoms with van der Waals surface area (Å²) in [4.78, 5) is 0. The second-order valence-corrected chi connectivity index (χ2v) is 6.73. The minimum Gasteiger partial charge on any atom is -0.201 e. The van der Waals surface area contributed by atoms with Gasteiger partial charge in [0.1, 0.15) is 0 Å². The topological polar surface area (TPSA) is 3.88 Å². The molecule has 0 N–H and O–H groups in total. The summed E-state index contributed by atoms with van der Waals surface area (Å²) in [5.41, 5.74) is 11.1. The zero-order valence-corrected chi connectivity index (χ0v) is 15.4. The van der Waals surface area contributed by atoms with Crippen LogP contribution < -0.4 is 4.57 Å². The Bertz CT molecular complexity index is 830. The number of benzene rings is 2. The third-order valence-electron chi connectivity index (χ3n) is 5.49. The fraction of sp³-hybridized carbons (Fsp3) is 0.261. The molecule has 122 valence electrons. The summed E-state index contributed by atoms with van der Waals surface area (Å²) < 4.78 is 2.27. The summed E-state index contributed by atoms with van der Waals surface area (Å²) in [6, 6.07) is 14.9. The van der Waals surface area contributed by atoms with Crippen molar-refractivity contribution in [3.63, 3.8) is 0 Å². The van der Waals surface area contributed by atoms with Gasteiger partial charge in [0.15, 0.2) is 18.9 Å². The van der Waals surface area contributed by atoms with Crippen molar-refractivity contribution in [1.29, 1.82) is 0 Å². The number of hydrogen-bond acceptors (Lipinski definition) is 0. The van der Waals surface area contributed by atoms with Gasteiger partial charge in [-0.05, 0) is 73.6 Å². The molecule has 0 unspecified atom stereocenters. The maximum absolute atomic E-state index is 2.27. The van der Waals surface area contributed by atoms with Gasteiger partial charge in [-0.3, -0.25) is 0 Å². The lowest BCUT2D eigenvalue weighted by Crippen LogP contribution is -2.34. The van der Waals surface area contributed by atoms with E-state index >= 15 is 0 Å². The van der Waals surface area contributed by atoms with Crippen molar-refractivity contribution in [2.75, 3.05) is 0 Å². The zero-order valence-electron chi connectivity index (χ0n) is 15.4. The van der Waals surface area contributed by atoms with Crippen LogP contribution in [0.1, 0.15) is 33.4 Å². The molecular formula is C23H26N+. The first-order valence-electron chi connectivity index (χ1n) is 8.59. The van der Waals surface area contributed by atoms with Crippen molar-refractivity contribution in [2.45, 2.75) is 41.2 Å². The van der Waals surface area contributed by atoms with Crippen LogP contribution in [0, 0.1) is 34.6 Å². The van der Waals surface area contributed by atoms with E-state index in [1.807, 2.05) is 0 Å². The maximum atomic E-state index is 2.27.